The average Bonchev–Trinajstić information content (AvgIpc) is 3.53. The van der Waals surface area contributed by atoms with E-state index in [2.05, 4.69) is 35.6 Å². The van der Waals surface area contributed by atoms with Gasteiger partial charge in [0.25, 0.3) is 0 Å². The smallest absolute Gasteiger partial charge is 0.214 e. The van der Waals surface area contributed by atoms with Gasteiger partial charge in [0.05, 0.1) is 5.75 Å². The van der Waals surface area contributed by atoms with Gasteiger partial charge in [0.2, 0.25) is 10.0 Å². The minimum atomic E-state index is -3.23. The number of piperidine rings is 1. The van der Waals surface area contributed by atoms with Crippen LogP contribution in [0.5, 0.6) is 5.75 Å². The van der Waals surface area contributed by atoms with Crippen LogP contribution in [0.3, 0.4) is 0 Å². The molecule has 2 aromatic carbocycles. The van der Waals surface area contributed by atoms with Crippen LogP contribution in [0, 0.1) is 5.92 Å². The van der Waals surface area contributed by atoms with Crippen molar-refractivity contribution in [2.75, 3.05) is 25.4 Å². The lowest BCUT2D eigenvalue weighted by Crippen LogP contribution is -2.42. The highest BCUT2D eigenvalue weighted by atomic mass is 32.2. The summed E-state index contributed by atoms with van der Waals surface area (Å²) < 4.78 is 27.0. The maximum absolute atomic E-state index is 12.7. The number of rotatable bonds is 8. The minimum absolute atomic E-state index is 0.127. The molecule has 0 aromatic heterocycles. The van der Waals surface area contributed by atoms with Gasteiger partial charge in [-0.2, -0.15) is 0 Å². The molecule has 2 aromatic rings. The first kappa shape index (κ1) is 20.4. The lowest BCUT2D eigenvalue weighted by molar-refractivity contribution is 0.267. The van der Waals surface area contributed by atoms with Crippen molar-refractivity contribution in [1.82, 2.24) is 9.62 Å². The van der Waals surface area contributed by atoms with Gasteiger partial charge in [-0.3, -0.25) is 0 Å². The Morgan fingerprint density at radius 2 is 1.69 bits per heavy atom. The molecule has 6 heteroatoms. The lowest BCUT2D eigenvalue weighted by Gasteiger charge is -2.31. The standard InChI is InChI=1S/C23H30N2O3S/c26-21-8-6-18(7-9-21)12-15-29(27,28)25-13-10-19(11-14-25)17-24-23-16-22(23)20-4-2-1-3-5-20/h1-9,19,22-24,26H,10-17H2. The second-order valence-electron chi connectivity index (χ2n) is 8.34. The number of phenolic OH excluding ortho intramolecular Hbond substituents is 1. The molecule has 5 nitrogen and oxygen atoms in total. The third-order valence-electron chi connectivity index (χ3n) is 6.24. The summed E-state index contributed by atoms with van der Waals surface area (Å²) in [6, 6.07) is 18.0. The molecule has 0 bridgehead atoms. The highest BCUT2D eigenvalue weighted by molar-refractivity contribution is 7.89. The molecule has 1 aliphatic heterocycles. The third-order valence-corrected chi connectivity index (χ3v) is 8.11. The van der Waals surface area contributed by atoms with E-state index in [1.165, 1.54) is 12.0 Å². The van der Waals surface area contributed by atoms with E-state index in [-0.39, 0.29) is 11.5 Å². The van der Waals surface area contributed by atoms with Crippen molar-refractivity contribution in [2.45, 2.75) is 37.6 Å². The first-order chi connectivity index (χ1) is 14.0. The van der Waals surface area contributed by atoms with Crippen LogP contribution < -0.4 is 5.32 Å². The van der Waals surface area contributed by atoms with E-state index in [1.54, 1.807) is 28.6 Å². The Kier molecular flexibility index (Phi) is 6.23. The van der Waals surface area contributed by atoms with Crippen molar-refractivity contribution >= 4 is 10.0 Å². The highest BCUT2D eigenvalue weighted by Gasteiger charge is 2.38. The summed E-state index contributed by atoms with van der Waals surface area (Å²) in [6.07, 6.45) is 3.53. The van der Waals surface area contributed by atoms with Crippen molar-refractivity contribution < 1.29 is 13.5 Å². The zero-order valence-corrected chi connectivity index (χ0v) is 17.5. The van der Waals surface area contributed by atoms with Crippen molar-refractivity contribution in [2.24, 2.45) is 5.92 Å². The van der Waals surface area contributed by atoms with E-state index in [0.717, 1.165) is 24.9 Å². The summed E-state index contributed by atoms with van der Waals surface area (Å²) in [4.78, 5) is 0. The van der Waals surface area contributed by atoms with Crippen molar-refractivity contribution in [3.63, 3.8) is 0 Å². The van der Waals surface area contributed by atoms with E-state index in [1.807, 2.05) is 0 Å². The van der Waals surface area contributed by atoms with Crippen LogP contribution in [0.15, 0.2) is 54.6 Å². The molecule has 2 aliphatic rings. The number of hydrogen-bond acceptors (Lipinski definition) is 4. The Morgan fingerprint density at radius 3 is 2.38 bits per heavy atom. The maximum atomic E-state index is 12.7. The van der Waals surface area contributed by atoms with Gasteiger partial charge >= 0.3 is 0 Å². The quantitative estimate of drug-likeness (QED) is 0.696. The number of aryl methyl sites for hydroxylation is 1. The zero-order chi connectivity index (χ0) is 20.3. The molecule has 2 unspecified atom stereocenters. The second kappa shape index (κ2) is 8.86. The lowest BCUT2D eigenvalue weighted by atomic mass is 9.98. The Morgan fingerprint density at radius 1 is 1.00 bits per heavy atom. The first-order valence-corrected chi connectivity index (χ1v) is 12.2. The van der Waals surface area contributed by atoms with Gasteiger partial charge in [0.15, 0.2) is 0 Å². The van der Waals surface area contributed by atoms with Crippen molar-refractivity contribution in [3.05, 3.63) is 65.7 Å². The molecule has 2 fully saturated rings. The fourth-order valence-corrected chi connectivity index (χ4v) is 5.76. The third kappa shape index (κ3) is 5.38. The van der Waals surface area contributed by atoms with Crippen LogP contribution in [0.2, 0.25) is 0 Å². The fourth-order valence-electron chi connectivity index (χ4n) is 4.24. The van der Waals surface area contributed by atoms with Gasteiger partial charge in [0.1, 0.15) is 5.75 Å². The molecule has 1 aliphatic carbocycles. The van der Waals surface area contributed by atoms with E-state index >= 15 is 0 Å². The Balaban J connectivity index is 1.18. The van der Waals surface area contributed by atoms with E-state index in [4.69, 9.17) is 0 Å². The summed E-state index contributed by atoms with van der Waals surface area (Å²) in [5.41, 5.74) is 2.35. The number of benzene rings is 2. The number of phenols is 1. The molecular formula is C23H30N2O3S. The SMILES string of the molecule is O=S(=O)(CCc1ccc(O)cc1)N1CCC(CNC2CC2c2ccccc2)CC1. The summed E-state index contributed by atoms with van der Waals surface area (Å²) in [5, 5.41) is 13.0. The molecule has 1 saturated heterocycles. The fraction of sp³-hybridized carbons (Fsp3) is 0.478. The predicted molar refractivity (Wildman–Crippen MR) is 115 cm³/mol. The maximum Gasteiger partial charge on any atom is 0.214 e. The van der Waals surface area contributed by atoms with Crippen molar-refractivity contribution in [3.8, 4) is 5.75 Å². The topological polar surface area (TPSA) is 69.6 Å². The van der Waals surface area contributed by atoms with Gasteiger partial charge in [-0.05, 0) is 61.4 Å². The Bertz CT molecular complexity index is 891. The molecule has 2 N–H and O–H groups in total. The Hall–Kier alpha value is -1.89. The molecule has 156 valence electrons. The van der Waals surface area contributed by atoms with Gasteiger partial charge in [-0.25, -0.2) is 12.7 Å². The van der Waals surface area contributed by atoms with E-state index in [0.29, 0.717) is 37.4 Å². The normalized spacial score (nSPS) is 23.2. The van der Waals surface area contributed by atoms with Gasteiger partial charge in [-0.15, -0.1) is 0 Å². The number of sulfonamides is 1. The highest BCUT2D eigenvalue weighted by Crippen LogP contribution is 2.40. The minimum Gasteiger partial charge on any atom is -0.508 e. The average molecular weight is 415 g/mol. The molecule has 4 rings (SSSR count). The van der Waals surface area contributed by atoms with Gasteiger partial charge < -0.3 is 10.4 Å². The van der Waals surface area contributed by atoms with E-state index in [9.17, 15) is 13.5 Å². The second-order valence-corrected chi connectivity index (χ2v) is 10.4. The molecular weight excluding hydrogens is 384 g/mol. The predicted octanol–water partition coefficient (Wildman–Crippen LogP) is 3.12. The number of aromatic hydroxyl groups is 1. The van der Waals surface area contributed by atoms with Crippen LogP contribution in [0.25, 0.3) is 0 Å². The van der Waals surface area contributed by atoms with Gasteiger partial charge in [0, 0.05) is 25.0 Å². The number of nitrogens with one attached hydrogen (secondary N) is 1. The van der Waals surface area contributed by atoms with Crippen LogP contribution in [-0.2, 0) is 16.4 Å². The summed E-state index contributed by atoms with van der Waals surface area (Å²) in [6.45, 7) is 2.23. The van der Waals surface area contributed by atoms with Crippen LogP contribution in [0.4, 0.5) is 0 Å². The summed E-state index contributed by atoms with van der Waals surface area (Å²) >= 11 is 0. The van der Waals surface area contributed by atoms with Gasteiger partial charge in [-0.1, -0.05) is 42.5 Å². The molecule has 0 amide bonds. The molecule has 1 heterocycles. The number of nitrogens with zero attached hydrogens (tertiary/aromatic N) is 1. The Labute approximate surface area is 173 Å². The van der Waals surface area contributed by atoms with Crippen molar-refractivity contribution in [1.29, 1.82) is 0 Å². The monoisotopic (exact) mass is 414 g/mol. The van der Waals surface area contributed by atoms with E-state index < -0.39 is 10.0 Å². The summed E-state index contributed by atoms with van der Waals surface area (Å²) in [5.74, 6) is 1.52. The number of hydrogen-bond donors (Lipinski definition) is 2. The van der Waals surface area contributed by atoms with Crippen LogP contribution >= 0.6 is 0 Å². The molecule has 2 atom stereocenters. The largest absolute Gasteiger partial charge is 0.508 e. The first-order valence-electron chi connectivity index (χ1n) is 10.6. The molecule has 1 saturated carbocycles. The molecule has 0 radical (unpaired) electrons. The molecule has 0 spiro atoms. The van der Waals surface area contributed by atoms with Crippen LogP contribution in [-0.4, -0.2) is 49.3 Å². The summed E-state index contributed by atoms with van der Waals surface area (Å²) in [7, 11) is -3.23. The van der Waals surface area contributed by atoms with Crippen LogP contribution in [0.1, 0.15) is 36.3 Å². The molecule has 29 heavy (non-hydrogen) atoms. The zero-order valence-electron chi connectivity index (χ0n) is 16.7.